The van der Waals surface area contributed by atoms with Crippen molar-refractivity contribution in [3.05, 3.63) is 46.3 Å². The van der Waals surface area contributed by atoms with E-state index in [-0.39, 0.29) is 5.91 Å². The minimum Gasteiger partial charge on any atom is -0.354 e. The molecule has 2 aromatic heterocycles. The van der Waals surface area contributed by atoms with Crippen molar-refractivity contribution >= 4 is 23.1 Å². The lowest BCUT2D eigenvalue weighted by Gasteiger charge is -2.23. The Morgan fingerprint density at radius 3 is 3.00 bits per heavy atom. The number of carbonyl (C=O) groups is 1. The molecule has 3 rings (SSSR count). The first kappa shape index (κ1) is 16.5. The van der Waals surface area contributed by atoms with Crippen LogP contribution in [0.25, 0.3) is 0 Å². The van der Waals surface area contributed by atoms with Crippen LogP contribution in [0.3, 0.4) is 0 Å². The number of hydrogen-bond donors (Lipinski definition) is 0. The van der Waals surface area contributed by atoms with Gasteiger partial charge in [-0.3, -0.25) is 4.79 Å². The molecule has 0 aromatic carbocycles. The smallest absolute Gasteiger partial charge is 0.222 e. The molecule has 24 heavy (non-hydrogen) atoms. The van der Waals surface area contributed by atoms with Crippen LogP contribution in [-0.4, -0.2) is 42.0 Å². The Morgan fingerprint density at radius 2 is 2.21 bits per heavy atom. The maximum Gasteiger partial charge on any atom is 0.222 e. The van der Waals surface area contributed by atoms with Gasteiger partial charge >= 0.3 is 0 Å². The number of nitriles is 1. The highest BCUT2D eigenvalue weighted by Crippen LogP contribution is 2.18. The van der Waals surface area contributed by atoms with Crippen LogP contribution in [0.2, 0.25) is 0 Å². The van der Waals surface area contributed by atoms with Crippen molar-refractivity contribution in [2.24, 2.45) is 0 Å². The van der Waals surface area contributed by atoms with E-state index in [1.807, 2.05) is 10.3 Å². The van der Waals surface area contributed by atoms with E-state index in [0.717, 1.165) is 38.3 Å². The molecule has 3 heterocycles. The van der Waals surface area contributed by atoms with Crippen LogP contribution in [0.15, 0.2) is 35.2 Å². The fourth-order valence-electron chi connectivity index (χ4n) is 2.96. The van der Waals surface area contributed by atoms with E-state index in [0.29, 0.717) is 18.5 Å². The Labute approximate surface area is 146 Å². The molecule has 2 aromatic rings. The molecule has 0 N–H and O–H groups in total. The largest absolute Gasteiger partial charge is 0.354 e. The number of hydrogen-bond acceptors (Lipinski definition) is 5. The molecule has 0 radical (unpaired) electrons. The van der Waals surface area contributed by atoms with Crippen LogP contribution in [-0.2, 0) is 11.2 Å². The minimum atomic E-state index is 0.213. The third-order valence-corrected chi connectivity index (χ3v) is 4.99. The first-order valence-corrected chi connectivity index (χ1v) is 9.11. The standard InChI is InChI=1S/C18H20N4OS/c19-13-16-3-1-7-20-18(16)22-9-2-8-21(10-11-22)17(23)5-4-15-6-12-24-14-15/h1,3,6-7,12,14H,2,4-5,8-11H2. The SMILES string of the molecule is N#Cc1cccnc1N1CCCN(C(=O)CCc2ccsc2)CC1. The van der Waals surface area contributed by atoms with Gasteiger partial charge in [-0.1, -0.05) is 0 Å². The first-order chi connectivity index (χ1) is 11.8. The quantitative estimate of drug-likeness (QED) is 0.858. The van der Waals surface area contributed by atoms with Crippen LogP contribution >= 0.6 is 11.3 Å². The third kappa shape index (κ3) is 3.92. The Morgan fingerprint density at radius 1 is 1.29 bits per heavy atom. The molecule has 1 saturated heterocycles. The summed E-state index contributed by atoms with van der Waals surface area (Å²) >= 11 is 1.67. The molecule has 0 aliphatic carbocycles. The number of nitrogens with zero attached hydrogens (tertiary/aromatic N) is 4. The summed E-state index contributed by atoms with van der Waals surface area (Å²) in [5.41, 5.74) is 1.83. The van der Waals surface area contributed by atoms with Crippen molar-refractivity contribution in [2.45, 2.75) is 19.3 Å². The number of thiophene rings is 1. The normalized spacial score (nSPS) is 15.0. The van der Waals surface area contributed by atoms with E-state index in [2.05, 4.69) is 27.4 Å². The Bertz CT molecular complexity index is 723. The molecular weight excluding hydrogens is 320 g/mol. The highest BCUT2D eigenvalue weighted by molar-refractivity contribution is 7.07. The van der Waals surface area contributed by atoms with Crippen molar-refractivity contribution in [3.63, 3.8) is 0 Å². The highest BCUT2D eigenvalue weighted by atomic mass is 32.1. The van der Waals surface area contributed by atoms with Gasteiger partial charge in [0, 0.05) is 38.8 Å². The zero-order chi connectivity index (χ0) is 16.8. The van der Waals surface area contributed by atoms with Gasteiger partial charge in [-0.15, -0.1) is 0 Å². The number of aryl methyl sites for hydroxylation is 1. The van der Waals surface area contributed by atoms with E-state index < -0.39 is 0 Å². The lowest BCUT2D eigenvalue weighted by Crippen LogP contribution is -2.35. The van der Waals surface area contributed by atoms with Crippen molar-refractivity contribution < 1.29 is 4.79 Å². The van der Waals surface area contributed by atoms with Gasteiger partial charge in [0.2, 0.25) is 5.91 Å². The summed E-state index contributed by atoms with van der Waals surface area (Å²) in [6.45, 7) is 2.99. The van der Waals surface area contributed by atoms with E-state index in [4.69, 9.17) is 0 Å². The molecule has 1 amide bonds. The molecule has 6 heteroatoms. The molecule has 5 nitrogen and oxygen atoms in total. The van der Waals surface area contributed by atoms with Gasteiger partial charge in [-0.2, -0.15) is 16.6 Å². The van der Waals surface area contributed by atoms with E-state index in [1.165, 1.54) is 5.56 Å². The number of anilines is 1. The lowest BCUT2D eigenvalue weighted by atomic mass is 10.2. The van der Waals surface area contributed by atoms with Gasteiger partial charge < -0.3 is 9.80 Å². The molecule has 0 unspecified atom stereocenters. The van der Waals surface area contributed by atoms with Crippen LogP contribution < -0.4 is 4.90 Å². The number of aromatic nitrogens is 1. The van der Waals surface area contributed by atoms with Gasteiger partial charge in [0.1, 0.15) is 11.9 Å². The molecular formula is C18H20N4OS. The molecule has 124 valence electrons. The van der Waals surface area contributed by atoms with Crippen molar-refractivity contribution in [2.75, 3.05) is 31.1 Å². The van der Waals surface area contributed by atoms with Gasteiger partial charge in [0.25, 0.3) is 0 Å². The topological polar surface area (TPSA) is 60.2 Å². The Hall–Kier alpha value is -2.39. The van der Waals surface area contributed by atoms with Crippen molar-refractivity contribution in [1.82, 2.24) is 9.88 Å². The lowest BCUT2D eigenvalue weighted by molar-refractivity contribution is -0.130. The van der Waals surface area contributed by atoms with E-state index in [1.54, 1.807) is 29.7 Å². The van der Waals surface area contributed by atoms with Crippen LogP contribution in [0, 0.1) is 11.3 Å². The molecule has 0 bridgehead atoms. The Balaban J connectivity index is 1.58. The monoisotopic (exact) mass is 340 g/mol. The number of rotatable bonds is 4. The predicted octanol–water partition coefficient (Wildman–Crippen LogP) is 2.69. The van der Waals surface area contributed by atoms with Crippen LogP contribution in [0.1, 0.15) is 24.0 Å². The summed E-state index contributed by atoms with van der Waals surface area (Å²) in [5, 5.41) is 13.4. The van der Waals surface area contributed by atoms with E-state index >= 15 is 0 Å². The summed E-state index contributed by atoms with van der Waals surface area (Å²) in [7, 11) is 0. The summed E-state index contributed by atoms with van der Waals surface area (Å²) in [6, 6.07) is 7.84. The second-order valence-electron chi connectivity index (χ2n) is 5.84. The summed E-state index contributed by atoms with van der Waals surface area (Å²) in [6.07, 6.45) is 3.97. The average Bonchev–Trinajstić information content (AvgIpc) is 3.02. The second kappa shape index (κ2) is 7.93. The minimum absolute atomic E-state index is 0.213. The highest BCUT2D eigenvalue weighted by Gasteiger charge is 2.21. The van der Waals surface area contributed by atoms with E-state index in [9.17, 15) is 10.1 Å². The fourth-order valence-corrected chi connectivity index (χ4v) is 3.66. The van der Waals surface area contributed by atoms with Crippen LogP contribution in [0.4, 0.5) is 5.82 Å². The number of carbonyl (C=O) groups excluding carboxylic acids is 1. The molecule has 1 aliphatic heterocycles. The van der Waals surface area contributed by atoms with Gasteiger partial charge in [-0.25, -0.2) is 4.98 Å². The zero-order valence-corrected chi connectivity index (χ0v) is 14.3. The van der Waals surface area contributed by atoms with Gasteiger partial charge in [-0.05, 0) is 47.4 Å². The average molecular weight is 340 g/mol. The maximum atomic E-state index is 12.5. The summed E-state index contributed by atoms with van der Waals surface area (Å²) in [5.74, 6) is 0.942. The molecule has 1 fully saturated rings. The van der Waals surface area contributed by atoms with Crippen LogP contribution in [0.5, 0.6) is 0 Å². The second-order valence-corrected chi connectivity index (χ2v) is 6.62. The molecule has 1 aliphatic rings. The summed E-state index contributed by atoms with van der Waals surface area (Å²) < 4.78 is 0. The van der Waals surface area contributed by atoms with Gasteiger partial charge in [0.15, 0.2) is 0 Å². The van der Waals surface area contributed by atoms with Crippen molar-refractivity contribution in [3.8, 4) is 6.07 Å². The fraction of sp³-hybridized carbons (Fsp3) is 0.389. The maximum absolute atomic E-state index is 12.5. The number of amides is 1. The first-order valence-electron chi connectivity index (χ1n) is 8.17. The molecule has 0 atom stereocenters. The van der Waals surface area contributed by atoms with Gasteiger partial charge in [0.05, 0.1) is 5.56 Å². The third-order valence-electron chi connectivity index (χ3n) is 4.26. The molecule has 0 spiro atoms. The molecule has 0 saturated carbocycles. The predicted molar refractivity (Wildman–Crippen MR) is 95.0 cm³/mol. The Kier molecular flexibility index (Phi) is 5.44. The zero-order valence-electron chi connectivity index (χ0n) is 13.5. The summed E-state index contributed by atoms with van der Waals surface area (Å²) in [4.78, 5) is 20.9. The number of pyridine rings is 1. The van der Waals surface area contributed by atoms with Crippen molar-refractivity contribution in [1.29, 1.82) is 5.26 Å².